The van der Waals surface area contributed by atoms with Crippen LogP contribution < -0.4 is 5.73 Å². The van der Waals surface area contributed by atoms with E-state index in [1.54, 1.807) is 16.8 Å². The molecule has 0 aliphatic carbocycles. The highest BCUT2D eigenvalue weighted by Gasteiger charge is 2.14. The van der Waals surface area contributed by atoms with Gasteiger partial charge in [0.2, 0.25) is 0 Å². The van der Waals surface area contributed by atoms with E-state index in [9.17, 15) is 4.39 Å². The normalized spacial score (nSPS) is 10.8. The average molecular weight is 283 g/mol. The molecule has 1 aromatic heterocycles. The van der Waals surface area contributed by atoms with Gasteiger partial charge in [-0.05, 0) is 65.7 Å². The summed E-state index contributed by atoms with van der Waals surface area (Å²) >= 11 is 0. The summed E-state index contributed by atoms with van der Waals surface area (Å²) in [5.74, 6) is 0.273. The SMILES string of the molecule is Cc1cc(C)c(-c2nnnn2-c2ccc(F)cc2)cc1N. The van der Waals surface area contributed by atoms with E-state index < -0.39 is 0 Å². The number of hydrogen-bond donors (Lipinski definition) is 1. The van der Waals surface area contributed by atoms with Gasteiger partial charge < -0.3 is 5.73 Å². The minimum absolute atomic E-state index is 0.302. The van der Waals surface area contributed by atoms with Crippen molar-refractivity contribution in [3.8, 4) is 17.1 Å². The fraction of sp³-hybridized carbons (Fsp3) is 0.133. The number of rotatable bonds is 2. The summed E-state index contributed by atoms with van der Waals surface area (Å²) in [6.07, 6.45) is 0. The van der Waals surface area contributed by atoms with Crippen LogP contribution in [-0.4, -0.2) is 20.2 Å². The van der Waals surface area contributed by atoms with Gasteiger partial charge in [0.1, 0.15) is 5.82 Å². The Morgan fingerprint density at radius 2 is 1.76 bits per heavy atom. The number of aromatic nitrogens is 4. The third-order valence-corrected chi connectivity index (χ3v) is 3.39. The minimum Gasteiger partial charge on any atom is -0.398 e. The zero-order valence-electron chi connectivity index (χ0n) is 11.7. The molecule has 3 rings (SSSR count). The Kier molecular flexibility index (Phi) is 3.13. The Morgan fingerprint density at radius 1 is 1.05 bits per heavy atom. The third kappa shape index (κ3) is 2.35. The maximum absolute atomic E-state index is 13.0. The van der Waals surface area contributed by atoms with Crippen molar-refractivity contribution in [3.63, 3.8) is 0 Å². The second-order valence-electron chi connectivity index (χ2n) is 4.91. The second-order valence-corrected chi connectivity index (χ2v) is 4.91. The van der Waals surface area contributed by atoms with E-state index in [4.69, 9.17) is 5.73 Å². The largest absolute Gasteiger partial charge is 0.398 e. The topological polar surface area (TPSA) is 69.6 Å². The molecule has 0 radical (unpaired) electrons. The van der Waals surface area contributed by atoms with E-state index in [0.29, 0.717) is 17.2 Å². The van der Waals surface area contributed by atoms with Gasteiger partial charge in [-0.25, -0.2) is 4.39 Å². The molecule has 21 heavy (non-hydrogen) atoms. The minimum atomic E-state index is -0.302. The van der Waals surface area contributed by atoms with E-state index >= 15 is 0 Å². The number of anilines is 1. The summed E-state index contributed by atoms with van der Waals surface area (Å²) < 4.78 is 14.6. The molecule has 0 saturated carbocycles. The zero-order chi connectivity index (χ0) is 15.0. The van der Waals surface area contributed by atoms with Gasteiger partial charge in [0, 0.05) is 11.3 Å². The van der Waals surface area contributed by atoms with E-state index in [1.165, 1.54) is 12.1 Å². The lowest BCUT2D eigenvalue weighted by molar-refractivity contribution is 0.627. The molecule has 0 amide bonds. The van der Waals surface area contributed by atoms with E-state index in [1.807, 2.05) is 26.0 Å². The lowest BCUT2D eigenvalue weighted by Gasteiger charge is -2.10. The Morgan fingerprint density at radius 3 is 2.48 bits per heavy atom. The van der Waals surface area contributed by atoms with Crippen molar-refractivity contribution in [3.05, 3.63) is 53.3 Å². The number of tetrazole rings is 1. The first-order valence-corrected chi connectivity index (χ1v) is 6.47. The maximum atomic E-state index is 13.0. The molecule has 1 heterocycles. The smallest absolute Gasteiger partial charge is 0.187 e. The van der Waals surface area contributed by atoms with Crippen molar-refractivity contribution in [2.75, 3.05) is 5.73 Å². The first-order valence-electron chi connectivity index (χ1n) is 6.47. The van der Waals surface area contributed by atoms with Gasteiger partial charge in [-0.1, -0.05) is 6.07 Å². The molecule has 0 bridgehead atoms. The highest BCUT2D eigenvalue weighted by Crippen LogP contribution is 2.27. The summed E-state index contributed by atoms with van der Waals surface area (Å²) in [5.41, 5.74) is 10.2. The van der Waals surface area contributed by atoms with Crippen LogP contribution in [0.1, 0.15) is 11.1 Å². The summed E-state index contributed by atoms with van der Waals surface area (Å²) in [6.45, 7) is 3.93. The Balaban J connectivity index is 2.15. The summed E-state index contributed by atoms with van der Waals surface area (Å²) in [6, 6.07) is 9.85. The molecule has 5 nitrogen and oxygen atoms in total. The first kappa shape index (κ1) is 13.2. The third-order valence-electron chi connectivity index (χ3n) is 3.39. The summed E-state index contributed by atoms with van der Waals surface area (Å²) in [5, 5.41) is 11.8. The molecule has 2 aromatic carbocycles. The fourth-order valence-corrected chi connectivity index (χ4v) is 2.22. The van der Waals surface area contributed by atoms with Crippen molar-refractivity contribution in [1.82, 2.24) is 20.2 Å². The van der Waals surface area contributed by atoms with Crippen LogP contribution in [0.25, 0.3) is 17.1 Å². The summed E-state index contributed by atoms with van der Waals surface area (Å²) in [7, 11) is 0. The van der Waals surface area contributed by atoms with Crippen LogP contribution in [0.5, 0.6) is 0 Å². The van der Waals surface area contributed by atoms with Crippen molar-refractivity contribution >= 4 is 5.69 Å². The molecule has 0 spiro atoms. The maximum Gasteiger partial charge on any atom is 0.187 e. The van der Waals surface area contributed by atoms with Gasteiger partial charge in [0.05, 0.1) is 5.69 Å². The first-order chi connectivity index (χ1) is 10.1. The van der Waals surface area contributed by atoms with Gasteiger partial charge >= 0.3 is 0 Å². The van der Waals surface area contributed by atoms with Crippen LogP contribution in [0.4, 0.5) is 10.1 Å². The van der Waals surface area contributed by atoms with Crippen LogP contribution in [0, 0.1) is 19.7 Å². The van der Waals surface area contributed by atoms with Crippen LogP contribution in [0.15, 0.2) is 36.4 Å². The number of halogens is 1. The van der Waals surface area contributed by atoms with Gasteiger partial charge in [-0.15, -0.1) is 5.10 Å². The standard InChI is InChI=1S/C15H14FN5/c1-9-7-10(2)14(17)8-13(9)15-18-19-20-21(15)12-5-3-11(16)4-6-12/h3-8H,17H2,1-2H3. The molecule has 6 heteroatoms. The van der Waals surface area contributed by atoms with Crippen molar-refractivity contribution in [1.29, 1.82) is 0 Å². The molecule has 0 aliphatic heterocycles. The van der Waals surface area contributed by atoms with Crippen LogP contribution >= 0.6 is 0 Å². The number of nitrogens with two attached hydrogens (primary N) is 1. The lowest BCUT2D eigenvalue weighted by Crippen LogP contribution is -2.02. The number of benzene rings is 2. The molecule has 106 valence electrons. The summed E-state index contributed by atoms with van der Waals surface area (Å²) in [4.78, 5) is 0. The Bertz CT molecular complexity index is 792. The van der Waals surface area contributed by atoms with E-state index in [0.717, 1.165) is 16.7 Å². The molecule has 0 fully saturated rings. The van der Waals surface area contributed by atoms with Crippen molar-refractivity contribution in [2.45, 2.75) is 13.8 Å². The molecular weight excluding hydrogens is 269 g/mol. The zero-order valence-corrected chi connectivity index (χ0v) is 11.7. The van der Waals surface area contributed by atoms with Crippen LogP contribution in [0.3, 0.4) is 0 Å². The number of aryl methyl sites for hydroxylation is 2. The van der Waals surface area contributed by atoms with Gasteiger partial charge in [-0.3, -0.25) is 0 Å². The number of nitrogens with zero attached hydrogens (tertiary/aromatic N) is 4. The molecule has 3 aromatic rings. The molecule has 2 N–H and O–H groups in total. The van der Waals surface area contributed by atoms with Gasteiger partial charge in [0.25, 0.3) is 0 Å². The molecule has 0 aliphatic rings. The van der Waals surface area contributed by atoms with Crippen molar-refractivity contribution in [2.24, 2.45) is 0 Å². The van der Waals surface area contributed by atoms with E-state index in [2.05, 4.69) is 15.5 Å². The molecule has 0 atom stereocenters. The highest BCUT2D eigenvalue weighted by atomic mass is 19.1. The Hall–Kier alpha value is -2.76. The highest BCUT2D eigenvalue weighted by molar-refractivity contribution is 5.68. The predicted molar refractivity (Wildman–Crippen MR) is 78.4 cm³/mol. The van der Waals surface area contributed by atoms with Crippen LogP contribution in [-0.2, 0) is 0 Å². The number of nitrogen functional groups attached to an aromatic ring is 1. The quantitative estimate of drug-likeness (QED) is 0.734. The van der Waals surface area contributed by atoms with Gasteiger partial charge in [0.15, 0.2) is 5.82 Å². The Labute approximate surface area is 121 Å². The fourth-order valence-electron chi connectivity index (χ4n) is 2.22. The molecular formula is C15H14FN5. The van der Waals surface area contributed by atoms with Crippen LogP contribution in [0.2, 0.25) is 0 Å². The second kappa shape index (κ2) is 4.97. The monoisotopic (exact) mass is 283 g/mol. The molecule has 0 unspecified atom stereocenters. The van der Waals surface area contributed by atoms with Gasteiger partial charge in [-0.2, -0.15) is 4.68 Å². The number of hydrogen-bond acceptors (Lipinski definition) is 4. The van der Waals surface area contributed by atoms with E-state index in [-0.39, 0.29) is 5.82 Å². The average Bonchev–Trinajstić information content (AvgIpc) is 2.93. The predicted octanol–water partition coefficient (Wildman–Crippen LogP) is 2.67. The lowest BCUT2D eigenvalue weighted by atomic mass is 10.0. The molecule has 0 saturated heterocycles. The van der Waals surface area contributed by atoms with Crippen molar-refractivity contribution < 1.29 is 4.39 Å².